The molecule has 0 aliphatic rings. The molecule has 7 heteroatoms. The summed E-state index contributed by atoms with van der Waals surface area (Å²) in [5.74, 6) is -0.124. The maximum atomic E-state index is 12.0. The number of nitrogens with zero attached hydrogens (tertiary/aromatic N) is 3. The molecule has 0 radical (unpaired) electrons. The van der Waals surface area contributed by atoms with E-state index in [0.29, 0.717) is 24.1 Å². The summed E-state index contributed by atoms with van der Waals surface area (Å²) in [7, 11) is 0. The van der Waals surface area contributed by atoms with Gasteiger partial charge in [0.05, 0.1) is 18.7 Å². The van der Waals surface area contributed by atoms with Gasteiger partial charge in [-0.2, -0.15) is 23.5 Å². The van der Waals surface area contributed by atoms with Gasteiger partial charge >= 0.3 is 6.18 Å². The van der Waals surface area contributed by atoms with Gasteiger partial charge in [0.25, 0.3) is 5.88 Å². The monoisotopic (exact) mass is 273 g/mol. The molecular weight excluding hydrogens is 259 g/mol. The van der Waals surface area contributed by atoms with E-state index in [1.807, 2.05) is 19.9 Å². The molecule has 1 rings (SSSR count). The Labute approximate surface area is 109 Å². The van der Waals surface area contributed by atoms with Crippen LogP contribution in [0.1, 0.15) is 37.1 Å². The van der Waals surface area contributed by atoms with Crippen LogP contribution in [0.2, 0.25) is 0 Å². The fraction of sp³-hybridized carbons (Fsp3) is 0.583. The molecule has 0 spiro atoms. The molecular formula is C12H14F3N3O. The highest BCUT2D eigenvalue weighted by Gasteiger charge is 2.27. The number of rotatable bonds is 5. The largest absolute Gasteiger partial charge is 0.475 e. The first kappa shape index (κ1) is 15.2. The number of ether oxygens (including phenoxy) is 1. The second kappa shape index (κ2) is 6.36. The third-order valence-electron chi connectivity index (χ3n) is 2.55. The van der Waals surface area contributed by atoms with Crippen LogP contribution in [-0.2, 0) is 12.8 Å². The van der Waals surface area contributed by atoms with Crippen molar-refractivity contribution in [3.05, 3.63) is 16.8 Å². The average molecular weight is 273 g/mol. The zero-order valence-electron chi connectivity index (χ0n) is 10.7. The lowest BCUT2D eigenvalue weighted by atomic mass is 10.0. The van der Waals surface area contributed by atoms with Gasteiger partial charge in [0.2, 0.25) is 0 Å². The Balaban J connectivity index is 2.93. The van der Waals surface area contributed by atoms with Crippen molar-refractivity contribution >= 4 is 0 Å². The maximum Gasteiger partial charge on any atom is 0.392 e. The molecule has 104 valence electrons. The second-order valence-electron chi connectivity index (χ2n) is 3.84. The van der Waals surface area contributed by atoms with Gasteiger partial charge in [-0.1, -0.05) is 13.8 Å². The van der Waals surface area contributed by atoms with Crippen LogP contribution in [0.25, 0.3) is 0 Å². The summed E-state index contributed by atoms with van der Waals surface area (Å²) in [6.07, 6.45) is -4.22. The molecule has 0 saturated carbocycles. The molecule has 0 bridgehead atoms. The predicted molar refractivity (Wildman–Crippen MR) is 61.7 cm³/mol. The van der Waals surface area contributed by atoms with Crippen LogP contribution in [-0.4, -0.2) is 23.0 Å². The summed E-state index contributed by atoms with van der Waals surface area (Å²) in [5, 5.41) is 16.7. The Morgan fingerprint density at radius 1 is 1.21 bits per heavy atom. The molecule has 1 heterocycles. The van der Waals surface area contributed by atoms with Crippen LogP contribution in [0.15, 0.2) is 0 Å². The average Bonchev–Trinajstić information content (AvgIpc) is 2.36. The summed E-state index contributed by atoms with van der Waals surface area (Å²) in [6.45, 7) is 3.15. The van der Waals surface area contributed by atoms with Crippen molar-refractivity contribution in [2.24, 2.45) is 0 Å². The van der Waals surface area contributed by atoms with Crippen molar-refractivity contribution in [2.75, 3.05) is 6.61 Å². The van der Waals surface area contributed by atoms with E-state index in [0.717, 1.165) is 0 Å². The standard InChI is InChI=1S/C12H14F3N3O/c1-3-8-9(7-16)11(18-17-10(8)4-2)19-6-5-12(13,14)15/h3-6H2,1-2H3. The third kappa shape index (κ3) is 4.09. The zero-order valence-corrected chi connectivity index (χ0v) is 10.7. The second-order valence-corrected chi connectivity index (χ2v) is 3.84. The summed E-state index contributed by atoms with van der Waals surface area (Å²) >= 11 is 0. The van der Waals surface area contributed by atoms with Crippen molar-refractivity contribution < 1.29 is 17.9 Å². The summed E-state index contributed by atoms with van der Waals surface area (Å²) < 4.78 is 41.0. The molecule has 0 aliphatic carbocycles. The van der Waals surface area contributed by atoms with Gasteiger partial charge in [-0.3, -0.25) is 0 Å². The number of hydrogen-bond donors (Lipinski definition) is 0. The van der Waals surface area contributed by atoms with Gasteiger partial charge in [0.1, 0.15) is 11.6 Å². The van der Waals surface area contributed by atoms with E-state index in [-0.39, 0.29) is 11.4 Å². The molecule has 0 aromatic carbocycles. The topological polar surface area (TPSA) is 58.8 Å². The van der Waals surface area contributed by atoms with E-state index in [1.54, 1.807) is 0 Å². The Morgan fingerprint density at radius 3 is 2.37 bits per heavy atom. The summed E-state index contributed by atoms with van der Waals surface area (Å²) in [6, 6.07) is 1.93. The zero-order chi connectivity index (χ0) is 14.5. The van der Waals surface area contributed by atoms with Crippen molar-refractivity contribution in [1.82, 2.24) is 10.2 Å². The number of aromatic nitrogens is 2. The Hall–Kier alpha value is -1.84. The number of nitriles is 1. The first-order valence-corrected chi connectivity index (χ1v) is 5.91. The van der Waals surface area contributed by atoms with Gasteiger partial charge in [-0.25, -0.2) is 0 Å². The minimum atomic E-state index is -4.29. The SMILES string of the molecule is CCc1nnc(OCCC(F)(F)F)c(C#N)c1CC. The van der Waals surface area contributed by atoms with E-state index in [4.69, 9.17) is 10.00 Å². The molecule has 0 aliphatic heterocycles. The lowest BCUT2D eigenvalue weighted by Crippen LogP contribution is -2.15. The van der Waals surface area contributed by atoms with E-state index >= 15 is 0 Å². The minimum absolute atomic E-state index is 0.124. The lowest BCUT2D eigenvalue weighted by Gasteiger charge is -2.12. The fourth-order valence-electron chi connectivity index (χ4n) is 1.63. The van der Waals surface area contributed by atoms with Gasteiger partial charge in [-0.05, 0) is 18.4 Å². The molecule has 0 atom stereocenters. The van der Waals surface area contributed by atoms with Crippen LogP contribution in [0, 0.1) is 11.3 Å². The highest BCUT2D eigenvalue weighted by Crippen LogP contribution is 2.24. The van der Waals surface area contributed by atoms with Crippen molar-refractivity contribution in [1.29, 1.82) is 5.26 Å². The third-order valence-corrected chi connectivity index (χ3v) is 2.55. The van der Waals surface area contributed by atoms with Crippen molar-refractivity contribution in [3.63, 3.8) is 0 Å². The highest BCUT2D eigenvalue weighted by molar-refractivity contribution is 5.46. The lowest BCUT2D eigenvalue weighted by molar-refractivity contribution is -0.139. The van der Waals surface area contributed by atoms with Crippen molar-refractivity contribution in [3.8, 4) is 11.9 Å². The van der Waals surface area contributed by atoms with Gasteiger partial charge < -0.3 is 4.74 Å². The van der Waals surface area contributed by atoms with Crippen LogP contribution < -0.4 is 4.74 Å². The first-order chi connectivity index (χ1) is 8.92. The summed E-state index contributed by atoms with van der Waals surface area (Å²) in [5.41, 5.74) is 1.53. The molecule has 0 amide bonds. The Kier molecular flexibility index (Phi) is 5.10. The van der Waals surface area contributed by atoms with Gasteiger partial charge in [-0.15, -0.1) is 5.10 Å². The van der Waals surface area contributed by atoms with E-state index in [2.05, 4.69) is 10.2 Å². The van der Waals surface area contributed by atoms with E-state index < -0.39 is 19.2 Å². The quantitative estimate of drug-likeness (QED) is 0.827. The molecule has 0 unspecified atom stereocenters. The predicted octanol–water partition coefficient (Wildman–Crippen LogP) is 2.80. The Bertz CT molecular complexity index is 480. The molecule has 1 aromatic rings. The number of hydrogen-bond acceptors (Lipinski definition) is 4. The number of aryl methyl sites for hydroxylation is 1. The van der Waals surface area contributed by atoms with Crippen LogP contribution >= 0.6 is 0 Å². The van der Waals surface area contributed by atoms with Crippen LogP contribution in [0.4, 0.5) is 13.2 Å². The van der Waals surface area contributed by atoms with E-state index in [9.17, 15) is 13.2 Å². The molecule has 4 nitrogen and oxygen atoms in total. The van der Waals surface area contributed by atoms with Gasteiger partial charge in [0, 0.05) is 0 Å². The van der Waals surface area contributed by atoms with Crippen LogP contribution in [0.5, 0.6) is 5.88 Å². The molecule has 0 N–H and O–H groups in total. The Morgan fingerprint density at radius 2 is 1.89 bits per heavy atom. The highest BCUT2D eigenvalue weighted by atomic mass is 19.4. The fourth-order valence-corrected chi connectivity index (χ4v) is 1.63. The van der Waals surface area contributed by atoms with Crippen LogP contribution in [0.3, 0.4) is 0 Å². The normalized spacial score (nSPS) is 11.2. The smallest absolute Gasteiger partial charge is 0.392 e. The molecule has 19 heavy (non-hydrogen) atoms. The maximum absolute atomic E-state index is 12.0. The van der Waals surface area contributed by atoms with Gasteiger partial charge in [0.15, 0.2) is 0 Å². The molecule has 1 aromatic heterocycles. The number of halogens is 3. The first-order valence-electron chi connectivity index (χ1n) is 5.91. The molecule has 0 saturated heterocycles. The van der Waals surface area contributed by atoms with Crippen molar-refractivity contribution in [2.45, 2.75) is 39.3 Å². The van der Waals surface area contributed by atoms with E-state index in [1.165, 1.54) is 0 Å². The minimum Gasteiger partial charge on any atom is -0.475 e. The summed E-state index contributed by atoms with van der Waals surface area (Å²) in [4.78, 5) is 0. The number of alkyl halides is 3. The molecule has 0 fully saturated rings.